The van der Waals surface area contributed by atoms with Gasteiger partial charge < -0.3 is 25.7 Å². The molecule has 0 rings (SSSR count). The number of hydrogen-bond acceptors (Lipinski definition) is 5. The first-order chi connectivity index (χ1) is 24.5. The predicted molar refractivity (Wildman–Crippen MR) is 215 cm³/mol. The van der Waals surface area contributed by atoms with Gasteiger partial charge in [-0.2, -0.15) is 0 Å². The van der Waals surface area contributed by atoms with Crippen LogP contribution in [-0.4, -0.2) is 57.3 Å². The van der Waals surface area contributed by atoms with Crippen molar-refractivity contribution < 1.29 is 25.2 Å². The average molecular weight is 710 g/mol. The monoisotopic (exact) mass is 710 g/mol. The first-order valence-electron chi connectivity index (χ1n) is 22.1. The molecule has 6 nitrogen and oxygen atoms in total. The van der Waals surface area contributed by atoms with E-state index in [-0.39, 0.29) is 0 Å². The molecule has 0 saturated heterocycles. The molecule has 1 amide bonds. The molecule has 0 aliphatic rings. The lowest BCUT2D eigenvalue weighted by molar-refractivity contribution is -0.132. The highest BCUT2D eigenvalue weighted by atomic mass is 16.3. The van der Waals surface area contributed by atoms with Gasteiger partial charge in [0, 0.05) is 0 Å². The zero-order chi connectivity index (χ0) is 36.8. The van der Waals surface area contributed by atoms with Gasteiger partial charge in [0.05, 0.1) is 18.8 Å². The fraction of sp³-hybridized carbons (Fsp3) is 0.932. The number of aliphatic hydroxyl groups excluding tert-OH is 4. The Balaban J connectivity index is 3.73. The molecule has 0 radical (unpaired) electrons. The summed E-state index contributed by atoms with van der Waals surface area (Å²) in [6.07, 6.45) is 42.3. The third kappa shape index (κ3) is 32.9. The van der Waals surface area contributed by atoms with Gasteiger partial charge in [-0.1, -0.05) is 206 Å². The van der Waals surface area contributed by atoms with Gasteiger partial charge in [0.2, 0.25) is 5.91 Å². The van der Waals surface area contributed by atoms with Crippen LogP contribution in [0.5, 0.6) is 0 Å². The molecule has 0 aromatic carbocycles. The number of carbonyl (C=O) groups is 1. The van der Waals surface area contributed by atoms with Crippen LogP contribution < -0.4 is 5.32 Å². The molecular weight excluding hydrogens is 622 g/mol. The highest BCUT2D eigenvalue weighted by Gasteiger charge is 2.28. The van der Waals surface area contributed by atoms with Crippen LogP contribution in [-0.2, 0) is 4.79 Å². The third-order valence-corrected chi connectivity index (χ3v) is 10.5. The lowest BCUT2D eigenvalue weighted by Crippen LogP contribution is -2.53. The largest absolute Gasteiger partial charge is 0.394 e. The molecule has 0 heterocycles. The topological polar surface area (TPSA) is 110 Å². The van der Waals surface area contributed by atoms with E-state index in [0.29, 0.717) is 12.8 Å². The number of allylic oxidation sites excluding steroid dienone is 2. The van der Waals surface area contributed by atoms with Crippen molar-refractivity contribution in [2.75, 3.05) is 6.61 Å². The molecule has 0 aromatic rings. The van der Waals surface area contributed by atoms with Gasteiger partial charge in [0.25, 0.3) is 0 Å². The van der Waals surface area contributed by atoms with Crippen molar-refractivity contribution in [3.63, 3.8) is 0 Å². The van der Waals surface area contributed by atoms with Crippen LogP contribution in [0.4, 0.5) is 0 Å². The Morgan fingerprint density at radius 1 is 0.480 bits per heavy atom. The number of aliphatic hydroxyl groups is 4. The highest BCUT2D eigenvalue weighted by molar-refractivity contribution is 5.80. The summed E-state index contributed by atoms with van der Waals surface area (Å²) in [6.45, 7) is 4.05. The molecule has 4 unspecified atom stereocenters. The Morgan fingerprint density at radius 3 is 1.16 bits per heavy atom. The van der Waals surface area contributed by atoms with Crippen LogP contribution in [0.2, 0.25) is 0 Å². The van der Waals surface area contributed by atoms with E-state index in [4.69, 9.17) is 0 Å². The molecule has 0 aliphatic carbocycles. The fourth-order valence-corrected chi connectivity index (χ4v) is 6.93. The zero-order valence-corrected chi connectivity index (χ0v) is 33.4. The minimum atomic E-state index is -1.26. The summed E-state index contributed by atoms with van der Waals surface area (Å²) in [5.74, 6) is -0.587. The van der Waals surface area contributed by atoms with Gasteiger partial charge >= 0.3 is 0 Å². The van der Waals surface area contributed by atoms with Gasteiger partial charge in [0.1, 0.15) is 12.2 Å². The lowest BCUT2D eigenvalue weighted by Gasteiger charge is -2.27. The minimum Gasteiger partial charge on any atom is -0.394 e. The molecule has 0 saturated carbocycles. The van der Waals surface area contributed by atoms with Crippen molar-refractivity contribution in [1.29, 1.82) is 0 Å². The van der Waals surface area contributed by atoms with Gasteiger partial charge in [-0.3, -0.25) is 4.79 Å². The van der Waals surface area contributed by atoms with Crippen LogP contribution in [0.15, 0.2) is 12.2 Å². The summed E-state index contributed by atoms with van der Waals surface area (Å²) < 4.78 is 0. The summed E-state index contributed by atoms with van der Waals surface area (Å²) >= 11 is 0. The van der Waals surface area contributed by atoms with Crippen LogP contribution in [0.25, 0.3) is 0 Å². The van der Waals surface area contributed by atoms with Crippen LogP contribution >= 0.6 is 0 Å². The first-order valence-corrected chi connectivity index (χ1v) is 22.1. The molecule has 0 fully saturated rings. The second-order valence-corrected chi connectivity index (χ2v) is 15.4. The maximum absolute atomic E-state index is 12.5. The SMILES string of the molecule is CCCCCCCC/C=C\CCCCCCCCC(O)C(=O)NC(CO)C(O)C(O)CCCCCCCCCCCCCCCCCCCC. The molecule has 5 N–H and O–H groups in total. The second-order valence-electron chi connectivity index (χ2n) is 15.4. The molecule has 0 bridgehead atoms. The zero-order valence-electron chi connectivity index (χ0n) is 33.4. The van der Waals surface area contributed by atoms with E-state index in [2.05, 4.69) is 31.3 Å². The van der Waals surface area contributed by atoms with Crippen molar-refractivity contribution in [2.45, 2.75) is 257 Å². The molecule has 0 aliphatic heterocycles. The van der Waals surface area contributed by atoms with Crippen molar-refractivity contribution in [3.05, 3.63) is 12.2 Å². The van der Waals surface area contributed by atoms with Gasteiger partial charge in [-0.25, -0.2) is 0 Å². The first kappa shape index (κ1) is 49.0. The van der Waals surface area contributed by atoms with Gasteiger partial charge in [-0.05, 0) is 38.5 Å². The Morgan fingerprint density at radius 2 is 0.800 bits per heavy atom. The normalized spacial score (nSPS) is 14.3. The van der Waals surface area contributed by atoms with Crippen LogP contribution in [0, 0.1) is 0 Å². The molecule has 6 heteroatoms. The van der Waals surface area contributed by atoms with Crippen molar-refractivity contribution in [1.82, 2.24) is 5.32 Å². The molecule has 298 valence electrons. The maximum atomic E-state index is 12.5. The van der Waals surface area contributed by atoms with Gasteiger partial charge in [-0.15, -0.1) is 0 Å². The van der Waals surface area contributed by atoms with Crippen molar-refractivity contribution in [2.24, 2.45) is 0 Å². The fourth-order valence-electron chi connectivity index (χ4n) is 6.93. The van der Waals surface area contributed by atoms with Crippen LogP contribution in [0.1, 0.15) is 232 Å². The maximum Gasteiger partial charge on any atom is 0.249 e. The number of amides is 1. The van der Waals surface area contributed by atoms with Crippen LogP contribution in [0.3, 0.4) is 0 Å². The predicted octanol–water partition coefficient (Wildman–Crippen LogP) is 11.4. The Bertz CT molecular complexity index is 717. The van der Waals surface area contributed by atoms with E-state index in [9.17, 15) is 25.2 Å². The third-order valence-electron chi connectivity index (χ3n) is 10.5. The minimum absolute atomic E-state index is 0.364. The quantitative estimate of drug-likeness (QED) is 0.0321. The lowest BCUT2D eigenvalue weighted by atomic mass is 9.99. The Hall–Kier alpha value is -0.950. The summed E-state index contributed by atoms with van der Waals surface area (Å²) in [5.41, 5.74) is 0. The summed E-state index contributed by atoms with van der Waals surface area (Å²) in [7, 11) is 0. The summed E-state index contributed by atoms with van der Waals surface area (Å²) in [4.78, 5) is 12.5. The molecule has 50 heavy (non-hydrogen) atoms. The highest BCUT2D eigenvalue weighted by Crippen LogP contribution is 2.17. The van der Waals surface area contributed by atoms with Gasteiger partial charge in [0.15, 0.2) is 0 Å². The van der Waals surface area contributed by atoms with E-state index < -0.39 is 36.9 Å². The Labute approximate surface area is 311 Å². The smallest absolute Gasteiger partial charge is 0.249 e. The summed E-state index contributed by atoms with van der Waals surface area (Å²) in [6, 6.07) is -0.984. The molecule has 0 aromatic heterocycles. The molecule has 0 spiro atoms. The number of hydrogen-bond donors (Lipinski definition) is 5. The number of nitrogens with one attached hydrogen (secondary N) is 1. The number of unbranched alkanes of at least 4 members (excludes halogenated alkanes) is 29. The molecule has 4 atom stereocenters. The number of carbonyl (C=O) groups excluding carboxylic acids is 1. The van der Waals surface area contributed by atoms with E-state index in [1.807, 2.05) is 0 Å². The van der Waals surface area contributed by atoms with Crippen molar-refractivity contribution in [3.8, 4) is 0 Å². The van der Waals surface area contributed by atoms with E-state index >= 15 is 0 Å². The standard InChI is InChI=1S/C44H87NO5/c1-3-5-7-9-11-13-15-17-19-21-22-24-25-27-29-31-33-35-37-41(47)43(49)40(39-46)45-44(50)42(48)38-36-34-32-30-28-26-23-20-18-16-14-12-10-8-6-4-2/h18,20,40-43,46-49H,3-17,19,21-39H2,1-2H3,(H,45,50)/b20-18-. The number of rotatable bonds is 40. The van der Waals surface area contributed by atoms with E-state index in [0.717, 1.165) is 44.9 Å². The van der Waals surface area contributed by atoms with E-state index in [1.54, 1.807) is 0 Å². The van der Waals surface area contributed by atoms with E-state index in [1.165, 1.54) is 161 Å². The summed E-state index contributed by atoms with van der Waals surface area (Å²) in [5, 5.41) is 43.7. The molecular formula is C44H87NO5. The average Bonchev–Trinajstić information content (AvgIpc) is 3.12. The Kier molecular flexibility index (Phi) is 38.5. The second kappa shape index (κ2) is 39.3. The van der Waals surface area contributed by atoms with Crippen molar-refractivity contribution >= 4 is 5.91 Å².